The molecule has 0 aliphatic rings. The highest BCUT2D eigenvalue weighted by molar-refractivity contribution is 5.79. The van der Waals surface area contributed by atoms with E-state index in [0.29, 0.717) is 18.5 Å². The summed E-state index contributed by atoms with van der Waals surface area (Å²) in [7, 11) is 0. The van der Waals surface area contributed by atoms with Crippen LogP contribution in [0, 0.1) is 17.2 Å². The summed E-state index contributed by atoms with van der Waals surface area (Å²) in [6.45, 7) is 2.12. The van der Waals surface area contributed by atoms with Gasteiger partial charge in [0.1, 0.15) is 0 Å². The summed E-state index contributed by atoms with van der Waals surface area (Å²) < 4.78 is 0. The van der Waals surface area contributed by atoms with E-state index in [-0.39, 0.29) is 24.2 Å². The standard InChI is InChI=1S/C14H17N3O2/c1-10(14(16)19)2-7-13(18)17-9-12-5-3-11(8-15)4-6-12/h3-6,10H,2,7,9H2,1H3,(H2,16,19)(H,17,18). The zero-order chi connectivity index (χ0) is 14.3. The van der Waals surface area contributed by atoms with Crippen LogP contribution < -0.4 is 11.1 Å². The molecular weight excluding hydrogens is 242 g/mol. The second kappa shape index (κ2) is 7.17. The normalized spacial score (nSPS) is 11.4. The Kier molecular flexibility index (Phi) is 5.55. The number of carbonyl (C=O) groups excluding carboxylic acids is 2. The molecule has 100 valence electrons. The van der Waals surface area contributed by atoms with Crippen molar-refractivity contribution in [2.75, 3.05) is 0 Å². The minimum absolute atomic E-state index is 0.113. The topological polar surface area (TPSA) is 96.0 Å². The summed E-state index contributed by atoms with van der Waals surface area (Å²) in [4.78, 5) is 22.4. The number of hydrogen-bond acceptors (Lipinski definition) is 3. The SMILES string of the molecule is CC(CCC(=O)NCc1ccc(C#N)cc1)C(N)=O. The van der Waals surface area contributed by atoms with Crippen LogP contribution in [0.3, 0.4) is 0 Å². The van der Waals surface area contributed by atoms with Crippen LogP contribution >= 0.6 is 0 Å². The van der Waals surface area contributed by atoms with Gasteiger partial charge in [0.15, 0.2) is 0 Å². The fourth-order valence-electron chi connectivity index (χ4n) is 1.48. The van der Waals surface area contributed by atoms with Crippen molar-refractivity contribution >= 4 is 11.8 Å². The van der Waals surface area contributed by atoms with E-state index in [1.165, 1.54) is 0 Å². The van der Waals surface area contributed by atoms with E-state index in [2.05, 4.69) is 5.32 Å². The van der Waals surface area contributed by atoms with Crippen LogP contribution in [0.25, 0.3) is 0 Å². The molecule has 0 radical (unpaired) electrons. The Balaban J connectivity index is 2.33. The maximum Gasteiger partial charge on any atom is 0.220 e. The number of nitrogens with one attached hydrogen (secondary N) is 1. The molecule has 5 heteroatoms. The lowest BCUT2D eigenvalue weighted by Gasteiger charge is -2.08. The number of amides is 2. The van der Waals surface area contributed by atoms with Crippen molar-refractivity contribution in [3.8, 4) is 6.07 Å². The van der Waals surface area contributed by atoms with E-state index in [1.807, 2.05) is 6.07 Å². The fourth-order valence-corrected chi connectivity index (χ4v) is 1.48. The van der Waals surface area contributed by atoms with Crippen LogP contribution in [0.15, 0.2) is 24.3 Å². The number of nitrogens with two attached hydrogens (primary N) is 1. The maximum atomic E-state index is 11.6. The van der Waals surface area contributed by atoms with Gasteiger partial charge in [-0.25, -0.2) is 0 Å². The molecule has 0 saturated heterocycles. The Morgan fingerprint density at radius 1 is 1.37 bits per heavy atom. The van der Waals surface area contributed by atoms with E-state index in [1.54, 1.807) is 31.2 Å². The Labute approximate surface area is 112 Å². The van der Waals surface area contributed by atoms with E-state index in [9.17, 15) is 9.59 Å². The average molecular weight is 259 g/mol. The van der Waals surface area contributed by atoms with Crippen molar-refractivity contribution in [1.29, 1.82) is 5.26 Å². The number of nitrogens with zero attached hydrogens (tertiary/aromatic N) is 1. The number of nitriles is 1. The number of benzene rings is 1. The summed E-state index contributed by atoms with van der Waals surface area (Å²) in [5.41, 5.74) is 6.63. The molecule has 0 aromatic heterocycles. The summed E-state index contributed by atoms with van der Waals surface area (Å²) in [5.74, 6) is -0.794. The van der Waals surface area contributed by atoms with E-state index < -0.39 is 0 Å². The lowest BCUT2D eigenvalue weighted by molar-refractivity contribution is -0.123. The van der Waals surface area contributed by atoms with Gasteiger partial charge in [0, 0.05) is 18.9 Å². The lowest BCUT2D eigenvalue weighted by Crippen LogP contribution is -2.26. The third-order valence-corrected chi connectivity index (χ3v) is 2.86. The third kappa shape index (κ3) is 5.21. The molecule has 1 rings (SSSR count). The summed E-state index contributed by atoms with van der Waals surface area (Å²) in [6.07, 6.45) is 0.731. The van der Waals surface area contributed by atoms with Gasteiger partial charge in [-0.15, -0.1) is 0 Å². The zero-order valence-corrected chi connectivity index (χ0v) is 10.8. The molecule has 0 heterocycles. The molecule has 1 aromatic carbocycles. The highest BCUT2D eigenvalue weighted by atomic mass is 16.2. The molecular formula is C14H17N3O2. The number of primary amides is 1. The van der Waals surface area contributed by atoms with Gasteiger partial charge < -0.3 is 11.1 Å². The molecule has 1 unspecified atom stereocenters. The molecule has 19 heavy (non-hydrogen) atoms. The van der Waals surface area contributed by atoms with Gasteiger partial charge in [0.2, 0.25) is 11.8 Å². The summed E-state index contributed by atoms with van der Waals surface area (Å²) in [6, 6.07) is 9.03. The monoisotopic (exact) mass is 259 g/mol. The van der Waals surface area contributed by atoms with Gasteiger partial charge in [-0.3, -0.25) is 9.59 Å². The molecule has 0 bridgehead atoms. The minimum atomic E-state index is -0.389. The highest BCUT2D eigenvalue weighted by Gasteiger charge is 2.10. The zero-order valence-electron chi connectivity index (χ0n) is 10.8. The number of rotatable bonds is 6. The molecule has 0 aliphatic carbocycles. The molecule has 3 N–H and O–H groups in total. The van der Waals surface area contributed by atoms with Crippen LogP contribution in [-0.2, 0) is 16.1 Å². The first kappa shape index (κ1) is 14.7. The van der Waals surface area contributed by atoms with E-state index in [4.69, 9.17) is 11.0 Å². The molecule has 0 aliphatic heterocycles. The first-order chi connectivity index (χ1) is 9.02. The predicted octanol–water partition coefficient (Wildman–Crippen LogP) is 1.08. The van der Waals surface area contributed by atoms with Crippen LogP contribution in [0.5, 0.6) is 0 Å². The molecule has 0 spiro atoms. The van der Waals surface area contributed by atoms with Crippen molar-refractivity contribution < 1.29 is 9.59 Å². The predicted molar refractivity (Wildman–Crippen MR) is 70.6 cm³/mol. The van der Waals surface area contributed by atoms with E-state index >= 15 is 0 Å². The van der Waals surface area contributed by atoms with Gasteiger partial charge in [-0.05, 0) is 24.1 Å². The Hall–Kier alpha value is -2.35. The van der Waals surface area contributed by atoms with E-state index in [0.717, 1.165) is 5.56 Å². The van der Waals surface area contributed by atoms with Crippen LogP contribution in [0.1, 0.15) is 30.9 Å². The summed E-state index contributed by atoms with van der Waals surface area (Å²) in [5, 5.41) is 11.4. The van der Waals surface area contributed by atoms with Crippen molar-refractivity contribution in [3.05, 3.63) is 35.4 Å². The molecule has 1 atom stereocenters. The van der Waals surface area contributed by atoms with Crippen LogP contribution in [0.2, 0.25) is 0 Å². The number of carbonyl (C=O) groups is 2. The number of hydrogen-bond donors (Lipinski definition) is 2. The minimum Gasteiger partial charge on any atom is -0.369 e. The van der Waals surface area contributed by atoms with Crippen molar-refractivity contribution in [2.45, 2.75) is 26.3 Å². The molecule has 1 aromatic rings. The molecule has 2 amide bonds. The molecule has 0 fully saturated rings. The average Bonchev–Trinajstić information content (AvgIpc) is 2.42. The van der Waals surface area contributed by atoms with Crippen molar-refractivity contribution in [3.63, 3.8) is 0 Å². The first-order valence-electron chi connectivity index (χ1n) is 6.08. The van der Waals surface area contributed by atoms with Gasteiger partial charge in [-0.1, -0.05) is 19.1 Å². The lowest BCUT2D eigenvalue weighted by atomic mass is 10.1. The smallest absolute Gasteiger partial charge is 0.220 e. The highest BCUT2D eigenvalue weighted by Crippen LogP contribution is 2.05. The second-order valence-corrected chi connectivity index (χ2v) is 4.43. The maximum absolute atomic E-state index is 11.6. The van der Waals surface area contributed by atoms with Crippen LogP contribution in [-0.4, -0.2) is 11.8 Å². The largest absolute Gasteiger partial charge is 0.369 e. The van der Waals surface area contributed by atoms with Crippen LogP contribution in [0.4, 0.5) is 0 Å². The van der Waals surface area contributed by atoms with Gasteiger partial charge in [0.25, 0.3) is 0 Å². The third-order valence-electron chi connectivity index (χ3n) is 2.86. The van der Waals surface area contributed by atoms with Crippen molar-refractivity contribution in [2.24, 2.45) is 11.7 Å². The van der Waals surface area contributed by atoms with Gasteiger partial charge >= 0.3 is 0 Å². The molecule has 5 nitrogen and oxygen atoms in total. The second-order valence-electron chi connectivity index (χ2n) is 4.43. The van der Waals surface area contributed by atoms with Crippen molar-refractivity contribution in [1.82, 2.24) is 5.32 Å². The van der Waals surface area contributed by atoms with Gasteiger partial charge in [-0.2, -0.15) is 5.26 Å². The quantitative estimate of drug-likeness (QED) is 0.800. The Bertz CT molecular complexity index is 488. The molecule has 0 saturated carbocycles. The fraction of sp³-hybridized carbons (Fsp3) is 0.357. The Morgan fingerprint density at radius 3 is 2.53 bits per heavy atom. The Morgan fingerprint density at radius 2 is 2.00 bits per heavy atom. The van der Waals surface area contributed by atoms with Gasteiger partial charge in [0.05, 0.1) is 11.6 Å². The first-order valence-corrected chi connectivity index (χ1v) is 6.08. The summed E-state index contributed by atoms with van der Waals surface area (Å²) >= 11 is 0.